The molecule has 0 aliphatic carbocycles. The number of piperidine rings is 1. The van der Waals surface area contributed by atoms with Gasteiger partial charge in [0.25, 0.3) is 0 Å². The Balaban J connectivity index is 1.60. The monoisotopic (exact) mass is 308 g/mol. The lowest BCUT2D eigenvalue weighted by atomic mass is 9.98. The van der Waals surface area contributed by atoms with Gasteiger partial charge in [-0.15, -0.1) is 0 Å². The van der Waals surface area contributed by atoms with Gasteiger partial charge in [0.1, 0.15) is 5.82 Å². The van der Waals surface area contributed by atoms with Gasteiger partial charge in [0.05, 0.1) is 6.04 Å². The van der Waals surface area contributed by atoms with Crippen molar-refractivity contribution < 1.29 is 4.39 Å². The number of H-pyrrole nitrogens is 1. The van der Waals surface area contributed by atoms with Crippen LogP contribution in [-0.2, 0) is 6.54 Å². The molecular formula is C20H21FN2. The van der Waals surface area contributed by atoms with Crippen LogP contribution in [0.3, 0.4) is 0 Å². The van der Waals surface area contributed by atoms with Crippen molar-refractivity contribution in [2.75, 3.05) is 6.54 Å². The van der Waals surface area contributed by atoms with Crippen molar-refractivity contribution >= 4 is 10.9 Å². The van der Waals surface area contributed by atoms with Gasteiger partial charge in [-0.25, -0.2) is 4.39 Å². The number of hydrogen-bond acceptors (Lipinski definition) is 1. The fourth-order valence-electron chi connectivity index (χ4n) is 3.63. The van der Waals surface area contributed by atoms with Crippen LogP contribution in [0.1, 0.15) is 36.6 Å². The van der Waals surface area contributed by atoms with Crippen molar-refractivity contribution in [3.8, 4) is 0 Å². The van der Waals surface area contributed by atoms with E-state index >= 15 is 0 Å². The summed E-state index contributed by atoms with van der Waals surface area (Å²) < 4.78 is 13.1. The molecule has 2 heterocycles. The molecule has 2 aromatic carbocycles. The summed E-state index contributed by atoms with van der Waals surface area (Å²) in [6.07, 6.45) is 3.67. The second-order valence-corrected chi connectivity index (χ2v) is 6.42. The quantitative estimate of drug-likeness (QED) is 0.718. The number of rotatable bonds is 3. The Morgan fingerprint density at radius 1 is 1.04 bits per heavy atom. The lowest BCUT2D eigenvalue weighted by Gasteiger charge is -2.35. The Morgan fingerprint density at radius 2 is 1.87 bits per heavy atom. The topological polar surface area (TPSA) is 19.0 Å². The third kappa shape index (κ3) is 3.02. The van der Waals surface area contributed by atoms with Crippen molar-refractivity contribution in [1.82, 2.24) is 9.88 Å². The second-order valence-electron chi connectivity index (χ2n) is 6.42. The van der Waals surface area contributed by atoms with Crippen molar-refractivity contribution in [3.05, 3.63) is 71.7 Å². The van der Waals surface area contributed by atoms with Crippen LogP contribution in [0.15, 0.2) is 54.6 Å². The first kappa shape index (κ1) is 14.5. The summed E-state index contributed by atoms with van der Waals surface area (Å²) >= 11 is 0. The molecule has 1 atom stereocenters. The van der Waals surface area contributed by atoms with E-state index in [1.807, 2.05) is 12.1 Å². The van der Waals surface area contributed by atoms with Crippen LogP contribution in [0.4, 0.5) is 4.39 Å². The molecule has 1 saturated heterocycles. The standard InChI is InChI=1S/C20H21FN2/c21-17-10-8-15(9-11-17)14-23-12-4-3-7-20(23)19-13-16-5-1-2-6-18(16)22-19/h1-2,5-6,8-11,13,20,22H,3-4,7,12,14H2/t20-/m0/s1. The average Bonchev–Trinajstić information content (AvgIpc) is 3.01. The van der Waals surface area contributed by atoms with Crippen molar-refractivity contribution in [1.29, 1.82) is 0 Å². The van der Waals surface area contributed by atoms with Crippen LogP contribution in [0.5, 0.6) is 0 Å². The molecule has 2 nitrogen and oxygen atoms in total. The summed E-state index contributed by atoms with van der Waals surface area (Å²) in [6.45, 7) is 1.97. The zero-order chi connectivity index (χ0) is 15.6. The zero-order valence-corrected chi connectivity index (χ0v) is 13.1. The highest BCUT2D eigenvalue weighted by Gasteiger charge is 2.25. The predicted molar refractivity (Wildman–Crippen MR) is 91.7 cm³/mol. The molecule has 0 spiro atoms. The maximum absolute atomic E-state index is 13.1. The van der Waals surface area contributed by atoms with Crippen LogP contribution < -0.4 is 0 Å². The Morgan fingerprint density at radius 3 is 2.70 bits per heavy atom. The fourth-order valence-corrected chi connectivity index (χ4v) is 3.63. The number of nitrogens with one attached hydrogen (secondary N) is 1. The first-order valence-corrected chi connectivity index (χ1v) is 8.36. The molecule has 3 aromatic rings. The first-order chi connectivity index (χ1) is 11.3. The Kier molecular flexibility index (Phi) is 3.88. The molecule has 0 amide bonds. The third-order valence-corrected chi connectivity index (χ3v) is 4.82. The maximum atomic E-state index is 13.1. The first-order valence-electron chi connectivity index (χ1n) is 8.36. The summed E-state index contributed by atoms with van der Waals surface area (Å²) in [5, 5.41) is 1.27. The van der Waals surface area contributed by atoms with Crippen molar-refractivity contribution in [2.24, 2.45) is 0 Å². The highest BCUT2D eigenvalue weighted by molar-refractivity contribution is 5.80. The largest absolute Gasteiger partial charge is 0.357 e. The average molecular weight is 308 g/mol. The van der Waals surface area contributed by atoms with Crippen LogP contribution in [0.2, 0.25) is 0 Å². The number of nitrogens with zero attached hydrogens (tertiary/aromatic N) is 1. The van der Waals surface area contributed by atoms with E-state index in [1.54, 1.807) is 12.1 Å². The van der Waals surface area contributed by atoms with E-state index in [-0.39, 0.29) is 5.82 Å². The molecule has 0 radical (unpaired) electrons. The second kappa shape index (κ2) is 6.17. The fraction of sp³-hybridized carbons (Fsp3) is 0.300. The van der Waals surface area contributed by atoms with Crippen LogP contribution in [-0.4, -0.2) is 16.4 Å². The SMILES string of the molecule is Fc1ccc(CN2CCCC[C@H]2c2cc3ccccc3[nH]2)cc1. The lowest BCUT2D eigenvalue weighted by Crippen LogP contribution is -2.33. The molecule has 118 valence electrons. The number of aromatic amines is 1. The molecule has 3 heteroatoms. The third-order valence-electron chi connectivity index (χ3n) is 4.82. The van der Waals surface area contributed by atoms with Gasteiger partial charge in [-0.2, -0.15) is 0 Å². The Bertz CT molecular complexity index is 758. The number of halogens is 1. The normalized spacial score (nSPS) is 19.3. The van der Waals surface area contributed by atoms with E-state index in [0.717, 1.165) is 13.1 Å². The molecule has 1 N–H and O–H groups in total. The number of fused-ring (bicyclic) bond motifs is 1. The van der Waals surface area contributed by atoms with Gasteiger partial charge in [0.15, 0.2) is 0 Å². The predicted octanol–water partition coefficient (Wildman–Crippen LogP) is 5.03. The highest BCUT2D eigenvalue weighted by Crippen LogP contribution is 2.33. The summed E-state index contributed by atoms with van der Waals surface area (Å²) in [4.78, 5) is 6.10. The number of benzene rings is 2. The molecule has 0 saturated carbocycles. The minimum Gasteiger partial charge on any atom is -0.357 e. The molecule has 23 heavy (non-hydrogen) atoms. The van der Waals surface area contributed by atoms with Gasteiger partial charge in [0.2, 0.25) is 0 Å². The van der Waals surface area contributed by atoms with E-state index in [4.69, 9.17) is 0 Å². The zero-order valence-electron chi connectivity index (χ0n) is 13.1. The molecule has 1 aliphatic rings. The van der Waals surface area contributed by atoms with E-state index in [9.17, 15) is 4.39 Å². The summed E-state index contributed by atoms with van der Waals surface area (Å²) in [5.74, 6) is -0.167. The van der Waals surface area contributed by atoms with Gasteiger partial charge < -0.3 is 4.98 Å². The van der Waals surface area contributed by atoms with Crippen LogP contribution in [0.25, 0.3) is 10.9 Å². The number of hydrogen-bond donors (Lipinski definition) is 1. The molecule has 0 bridgehead atoms. The molecule has 1 fully saturated rings. The van der Waals surface area contributed by atoms with E-state index < -0.39 is 0 Å². The summed E-state index contributed by atoms with van der Waals surface area (Å²) in [7, 11) is 0. The number of likely N-dealkylation sites (tertiary alicyclic amines) is 1. The van der Waals surface area contributed by atoms with Gasteiger partial charge in [-0.3, -0.25) is 4.90 Å². The molecule has 1 aromatic heterocycles. The summed E-state index contributed by atoms with van der Waals surface area (Å²) in [6, 6.07) is 18.0. The van der Waals surface area contributed by atoms with E-state index in [2.05, 4.69) is 40.2 Å². The molecule has 4 rings (SSSR count). The van der Waals surface area contributed by atoms with Crippen LogP contribution in [0, 0.1) is 5.82 Å². The molecule has 1 aliphatic heterocycles. The van der Waals surface area contributed by atoms with E-state index in [1.165, 1.54) is 41.4 Å². The minimum absolute atomic E-state index is 0.167. The van der Waals surface area contributed by atoms with Gasteiger partial charge >= 0.3 is 0 Å². The smallest absolute Gasteiger partial charge is 0.123 e. The molecular weight excluding hydrogens is 287 g/mol. The molecule has 0 unspecified atom stereocenters. The van der Waals surface area contributed by atoms with E-state index in [0.29, 0.717) is 6.04 Å². The van der Waals surface area contributed by atoms with Crippen molar-refractivity contribution in [2.45, 2.75) is 31.8 Å². The Hall–Kier alpha value is -2.13. The highest BCUT2D eigenvalue weighted by atomic mass is 19.1. The Labute approximate surface area is 135 Å². The van der Waals surface area contributed by atoms with Crippen LogP contribution >= 0.6 is 0 Å². The summed E-state index contributed by atoms with van der Waals surface area (Å²) in [5.41, 5.74) is 3.68. The number of aromatic nitrogens is 1. The minimum atomic E-state index is -0.167. The van der Waals surface area contributed by atoms with Gasteiger partial charge in [-0.1, -0.05) is 36.8 Å². The number of para-hydroxylation sites is 1. The maximum Gasteiger partial charge on any atom is 0.123 e. The van der Waals surface area contributed by atoms with Gasteiger partial charge in [-0.05, 0) is 54.6 Å². The lowest BCUT2D eigenvalue weighted by molar-refractivity contribution is 0.138. The van der Waals surface area contributed by atoms with Gasteiger partial charge in [0, 0.05) is 17.8 Å². The van der Waals surface area contributed by atoms with Crippen molar-refractivity contribution in [3.63, 3.8) is 0 Å².